The second kappa shape index (κ2) is 2.44. The van der Waals surface area contributed by atoms with Crippen LogP contribution in [0.2, 0.25) is 0 Å². The Kier molecular flexibility index (Phi) is 1.37. The van der Waals surface area contributed by atoms with Gasteiger partial charge in [0.05, 0.1) is 10.8 Å². The highest BCUT2D eigenvalue weighted by Gasteiger charge is 2.65. The number of carbonyl (C=O) groups is 2. The molecule has 4 nitrogen and oxygen atoms in total. The Morgan fingerprint density at radius 3 is 1.25 bits per heavy atom. The summed E-state index contributed by atoms with van der Waals surface area (Å²) in [4.78, 5) is 32.7. The van der Waals surface area contributed by atoms with Crippen molar-refractivity contribution in [3.8, 4) is 0 Å². The van der Waals surface area contributed by atoms with E-state index in [0.29, 0.717) is 0 Å². The molecule has 4 bridgehead atoms. The van der Waals surface area contributed by atoms with E-state index >= 15 is 0 Å². The third-order valence-corrected chi connectivity index (χ3v) is 5.14. The van der Waals surface area contributed by atoms with Crippen LogP contribution >= 0.6 is 0 Å². The summed E-state index contributed by atoms with van der Waals surface area (Å²) in [6.45, 7) is 0. The Morgan fingerprint density at radius 1 is 0.750 bits per heavy atom. The van der Waals surface area contributed by atoms with Gasteiger partial charge in [-0.15, -0.1) is 0 Å². The maximum atomic E-state index is 11.6. The monoisotopic (exact) mass is 222 g/mol. The average molecular weight is 222 g/mol. The molecule has 6 rings (SSSR count). The quantitative estimate of drug-likeness (QED) is 0.526. The second-order valence-corrected chi connectivity index (χ2v) is 6.26. The van der Waals surface area contributed by atoms with Crippen molar-refractivity contribution in [1.82, 2.24) is 0 Å². The van der Waals surface area contributed by atoms with Crippen molar-refractivity contribution in [2.24, 2.45) is 22.7 Å². The molecule has 0 saturated heterocycles. The third-order valence-electron chi connectivity index (χ3n) is 5.14. The van der Waals surface area contributed by atoms with Crippen LogP contribution in [0.25, 0.3) is 0 Å². The predicted molar refractivity (Wildman–Crippen MR) is 51.7 cm³/mol. The summed E-state index contributed by atoms with van der Waals surface area (Å²) in [5, 5.41) is 0. The average Bonchev–Trinajstić information content (AvgIpc) is 1.88. The molecule has 0 atom stereocenters. The van der Waals surface area contributed by atoms with Gasteiger partial charge in [0.25, 0.3) is 0 Å². The normalized spacial score (nSPS) is 50.0. The molecule has 0 aromatic rings. The van der Waals surface area contributed by atoms with Crippen molar-refractivity contribution in [3.05, 3.63) is 0 Å². The van der Waals surface area contributed by atoms with Crippen molar-refractivity contribution in [2.75, 3.05) is 0 Å². The van der Waals surface area contributed by atoms with Crippen molar-refractivity contribution in [2.45, 2.75) is 38.5 Å². The lowest BCUT2D eigenvalue weighted by Crippen LogP contribution is -2.59. The Bertz CT molecular complexity index is 328. The Labute approximate surface area is 93.2 Å². The molecule has 6 aliphatic carbocycles. The zero-order chi connectivity index (χ0) is 11.0. The molecule has 0 aromatic carbocycles. The van der Waals surface area contributed by atoms with Crippen molar-refractivity contribution in [3.63, 3.8) is 0 Å². The van der Waals surface area contributed by atoms with E-state index < -0.39 is 0 Å². The van der Waals surface area contributed by atoms with E-state index in [1.165, 1.54) is 0 Å². The van der Waals surface area contributed by atoms with Gasteiger partial charge in [-0.25, -0.2) is 19.4 Å². The first-order valence-corrected chi connectivity index (χ1v) is 6.05. The highest BCUT2D eigenvalue weighted by atomic mass is 17.2. The first-order valence-electron chi connectivity index (χ1n) is 6.05. The summed E-state index contributed by atoms with van der Waals surface area (Å²) < 4.78 is 0. The molecule has 0 heterocycles. The summed E-state index contributed by atoms with van der Waals surface area (Å²) in [5.74, 6) is 0.798. The van der Waals surface area contributed by atoms with E-state index in [-0.39, 0.29) is 22.8 Å². The van der Waals surface area contributed by atoms with Gasteiger partial charge in [0.1, 0.15) is 0 Å². The number of rotatable bonds is 2. The summed E-state index contributed by atoms with van der Waals surface area (Å²) in [6.07, 6.45) is 5.56. The van der Waals surface area contributed by atoms with E-state index in [1.807, 2.05) is 0 Å². The molecule has 0 aliphatic heterocycles. The zero-order valence-corrected chi connectivity index (χ0v) is 9.03. The van der Waals surface area contributed by atoms with Gasteiger partial charge in [-0.2, -0.15) is 0 Å². The van der Waals surface area contributed by atoms with Crippen LogP contribution in [-0.2, 0) is 19.4 Å². The topological polar surface area (TPSA) is 52.6 Å². The van der Waals surface area contributed by atoms with Gasteiger partial charge >= 0.3 is 11.9 Å². The molecule has 0 unspecified atom stereocenters. The molecule has 0 aromatic heterocycles. The summed E-state index contributed by atoms with van der Waals surface area (Å²) in [6, 6.07) is 0. The van der Waals surface area contributed by atoms with Gasteiger partial charge in [0, 0.05) is 0 Å². The molecule has 6 aliphatic rings. The lowest BCUT2D eigenvalue weighted by Gasteiger charge is -2.59. The largest absolute Gasteiger partial charge is 0.361 e. The maximum absolute atomic E-state index is 11.6. The lowest BCUT2D eigenvalue weighted by molar-refractivity contribution is -0.298. The van der Waals surface area contributed by atoms with Crippen LogP contribution in [0.15, 0.2) is 0 Å². The molecule has 6 saturated carbocycles. The lowest BCUT2D eigenvalue weighted by atomic mass is 9.44. The molecule has 0 N–H and O–H groups in total. The Balaban J connectivity index is 1.32. The van der Waals surface area contributed by atoms with Crippen molar-refractivity contribution >= 4 is 11.9 Å². The summed E-state index contributed by atoms with van der Waals surface area (Å²) in [7, 11) is 0. The smallest absolute Gasteiger partial charge is 0.247 e. The molecular weight excluding hydrogens is 208 g/mol. The Hall–Kier alpha value is -1.06. The zero-order valence-electron chi connectivity index (χ0n) is 9.03. The minimum Gasteiger partial charge on any atom is -0.247 e. The standard InChI is InChI=1S/C12H14O4/c13-9(11-1-7(2-11)3-11)15-16-10(14)12-4-8(5-12)6-12/h7-8H,1-6H2. The fourth-order valence-corrected chi connectivity index (χ4v) is 3.71. The first-order chi connectivity index (χ1) is 7.62. The van der Waals surface area contributed by atoms with Gasteiger partial charge in [0.15, 0.2) is 0 Å². The first kappa shape index (κ1) is 9.02. The minimum absolute atomic E-state index is 0.273. The molecular formula is C12H14O4. The predicted octanol–water partition coefficient (Wildman–Crippen LogP) is 1.59. The molecule has 6 fully saturated rings. The van der Waals surface area contributed by atoms with E-state index in [1.54, 1.807) is 0 Å². The molecule has 0 spiro atoms. The second-order valence-electron chi connectivity index (χ2n) is 6.26. The van der Waals surface area contributed by atoms with Crippen molar-refractivity contribution in [1.29, 1.82) is 0 Å². The summed E-state index contributed by atoms with van der Waals surface area (Å²) >= 11 is 0. The molecule has 4 heteroatoms. The van der Waals surface area contributed by atoms with Gasteiger partial charge in [0.2, 0.25) is 0 Å². The van der Waals surface area contributed by atoms with Crippen LogP contribution in [0.4, 0.5) is 0 Å². The van der Waals surface area contributed by atoms with Crippen LogP contribution in [-0.4, -0.2) is 11.9 Å². The van der Waals surface area contributed by atoms with Gasteiger partial charge in [-0.3, -0.25) is 0 Å². The third kappa shape index (κ3) is 0.874. The van der Waals surface area contributed by atoms with E-state index in [0.717, 1.165) is 50.4 Å². The van der Waals surface area contributed by atoms with Crippen LogP contribution in [0.1, 0.15) is 38.5 Å². The maximum Gasteiger partial charge on any atom is 0.361 e. The van der Waals surface area contributed by atoms with Crippen LogP contribution in [0, 0.1) is 22.7 Å². The molecule has 0 amide bonds. The SMILES string of the molecule is O=C(OOC(=O)C12CC(C1)C2)C12CC(C1)C2. The fourth-order valence-electron chi connectivity index (χ4n) is 3.71. The minimum atomic E-state index is -0.324. The highest BCUT2D eigenvalue weighted by molar-refractivity contribution is 5.83. The van der Waals surface area contributed by atoms with E-state index in [9.17, 15) is 9.59 Å². The Morgan fingerprint density at radius 2 is 1.06 bits per heavy atom. The van der Waals surface area contributed by atoms with Crippen LogP contribution < -0.4 is 0 Å². The summed E-state index contributed by atoms with van der Waals surface area (Å²) in [5.41, 5.74) is -0.547. The fraction of sp³-hybridized carbons (Fsp3) is 0.833. The van der Waals surface area contributed by atoms with E-state index in [4.69, 9.17) is 9.78 Å². The van der Waals surface area contributed by atoms with Crippen LogP contribution in [0.3, 0.4) is 0 Å². The van der Waals surface area contributed by atoms with E-state index in [2.05, 4.69) is 0 Å². The van der Waals surface area contributed by atoms with Gasteiger partial charge in [-0.1, -0.05) is 0 Å². The molecule has 16 heavy (non-hydrogen) atoms. The van der Waals surface area contributed by atoms with Gasteiger partial charge < -0.3 is 0 Å². The van der Waals surface area contributed by atoms with Gasteiger partial charge in [-0.05, 0) is 50.4 Å². The van der Waals surface area contributed by atoms with Crippen molar-refractivity contribution < 1.29 is 19.4 Å². The number of hydrogen-bond donors (Lipinski definition) is 0. The number of hydrogen-bond acceptors (Lipinski definition) is 4. The van der Waals surface area contributed by atoms with Crippen LogP contribution in [0.5, 0.6) is 0 Å². The molecule has 86 valence electrons. The highest BCUT2D eigenvalue weighted by Crippen LogP contribution is 2.66. The number of carbonyl (C=O) groups excluding carboxylic acids is 2. The molecule has 0 radical (unpaired) electrons.